The average Bonchev–Trinajstić information content (AvgIpc) is 2.98. The van der Waals surface area contributed by atoms with E-state index >= 15 is 0 Å². The van der Waals surface area contributed by atoms with Gasteiger partial charge in [0.2, 0.25) is 0 Å². The van der Waals surface area contributed by atoms with Crippen LogP contribution in [0.1, 0.15) is 17.0 Å². The minimum atomic E-state index is 0.418. The third kappa shape index (κ3) is 4.98. The van der Waals surface area contributed by atoms with Gasteiger partial charge in [-0.15, -0.1) is 0 Å². The average molecular weight is 465 g/mol. The lowest BCUT2D eigenvalue weighted by Gasteiger charge is -2.15. The van der Waals surface area contributed by atoms with Gasteiger partial charge in [-0.1, -0.05) is 29.3 Å². The van der Waals surface area contributed by atoms with Crippen LogP contribution in [0.5, 0.6) is 11.5 Å². The molecular weight excluding hydrogens is 443 g/mol. The number of nitrogens with zero attached hydrogens (tertiary/aromatic N) is 2. The molecule has 0 saturated heterocycles. The summed E-state index contributed by atoms with van der Waals surface area (Å²) in [5.41, 5.74) is 4.32. The highest BCUT2D eigenvalue weighted by molar-refractivity contribution is 7.80. The largest absolute Gasteiger partial charge is 0.497 e. The van der Waals surface area contributed by atoms with E-state index < -0.39 is 0 Å². The third-order valence-corrected chi connectivity index (χ3v) is 5.53. The van der Waals surface area contributed by atoms with E-state index in [0.29, 0.717) is 38.9 Å². The first-order valence-electron chi connectivity index (χ1n) is 9.10. The van der Waals surface area contributed by atoms with Crippen molar-refractivity contribution < 1.29 is 9.47 Å². The molecule has 0 amide bonds. The van der Waals surface area contributed by atoms with E-state index in [2.05, 4.69) is 15.7 Å². The molecule has 9 heteroatoms. The first-order valence-corrected chi connectivity index (χ1v) is 10.3. The van der Waals surface area contributed by atoms with Crippen molar-refractivity contribution in [2.75, 3.05) is 24.9 Å². The van der Waals surface area contributed by atoms with Crippen LogP contribution >= 0.6 is 35.4 Å². The van der Waals surface area contributed by atoms with Crippen molar-refractivity contribution in [3.8, 4) is 11.5 Å². The van der Waals surface area contributed by atoms with Crippen LogP contribution in [0.3, 0.4) is 0 Å². The minimum Gasteiger partial charge on any atom is -0.497 e. The maximum absolute atomic E-state index is 6.13. The van der Waals surface area contributed by atoms with E-state index in [1.54, 1.807) is 20.3 Å². The summed E-state index contributed by atoms with van der Waals surface area (Å²) in [5.74, 6) is 1.35. The van der Waals surface area contributed by atoms with Crippen molar-refractivity contribution in [1.82, 2.24) is 9.78 Å². The number of aromatic nitrogens is 2. The fourth-order valence-electron chi connectivity index (χ4n) is 3.02. The molecule has 0 aliphatic heterocycles. The number of hydrogen-bond acceptors (Lipinski definition) is 4. The summed E-state index contributed by atoms with van der Waals surface area (Å²) in [6.45, 7) is 4.47. The van der Waals surface area contributed by atoms with Gasteiger partial charge in [-0.25, -0.2) is 0 Å². The van der Waals surface area contributed by atoms with E-state index in [4.69, 9.17) is 44.9 Å². The van der Waals surface area contributed by atoms with E-state index in [1.807, 2.05) is 48.9 Å². The van der Waals surface area contributed by atoms with Crippen molar-refractivity contribution in [2.45, 2.75) is 20.4 Å². The summed E-state index contributed by atoms with van der Waals surface area (Å²) in [4.78, 5) is 0. The molecule has 1 heterocycles. The fraction of sp³-hybridized carbons (Fsp3) is 0.238. The van der Waals surface area contributed by atoms with Crippen LogP contribution in [0.2, 0.25) is 10.0 Å². The lowest BCUT2D eigenvalue weighted by molar-refractivity contribution is 0.405. The van der Waals surface area contributed by atoms with Gasteiger partial charge in [0.15, 0.2) is 5.11 Å². The molecule has 6 nitrogen and oxygen atoms in total. The molecule has 0 aliphatic rings. The summed E-state index contributed by atoms with van der Waals surface area (Å²) in [6.07, 6.45) is 0. The lowest BCUT2D eigenvalue weighted by atomic mass is 10.2. The number of halogens is 2. The lowest BCUT2D eigenvalue weighted by Crippen LogP contribution is -2.20. The van der Waals surface area contributed by atoms with Gasteiger partial charge in [-0.2, -0.15) is 5.10 Å². The van der Waals surface area contributed by atoms with Crippen LogP contribution in [0.4, 0.5) is 11.4 Å². The first-order chi connectivity index (χ1) is 14.3. The Morgan fingerprint density at radius 1 is 1.03 bits per heavy atom. The van der Waals surface area contributed by atoms with Crippen LogP contribution in [-0.4, -0.2) is 29.1 Å². The van der Waals surface area contributed by atoms with E-state index in [9.17, 15) is 0 Å². The highest BCUT2D eigenvalue weighted by Gasteiger charge is 2.15. The van der Waals surface area contributed by atoms with E-state index in [1.165, 1.54) is 0 Å². The van der Waals surface area contributed by atoms with E-state index in [0.717, 1.165) is 22.6 Å². The second kappa shape index (κ2) is 9.55. The topological polar surface area (TPSA) is 60.3 Å². The predicted octanol–water partition coefficient (Wildman–Crippen LogP) is 5.68. The Kier molecular flexibility index (Phi) is 7.07. The van der Waals surface area contributed by atoms with Crippen LogP contribution in [0.15, 0.2) is 36.4 Å². The Balaban J connectivity index is 1.77. The number of anilines is 2. The molecule has 0 aliphatic carbocycles. The van der Waals surface area contributed by atoms with Gasteiger partial charge in [-0.05, 0) is 55.9 Å². The monoisotopic (exact) mass is 464 g/mol. The van der Waals surface area contributed by atoms with Gasteiger partial charge in [0.05, 0.1) is 53.6 Å². The van der Waals surface area contributed by atoms with Crippen LogP contribution in [-0.2, 0) is 6.54 Å². The van der Waals surface area contributed by atoms with Crippen LogP contribution in [0, 0.1) is 13.8 Å². The molecule has 0 atom stereocenters. The number of nitrogens with one attached hydrogen (secondary N) is 2. The van der Waals surface area contributed by atoms with Crippen LogP contribution in [0.25, 0.3) is 0 Å². The van der Waals surface area contributed by atoms with Gasteiger partial charge in [-0.3, -0.25) is 4.68 Å². The maximum Gasteiger partial charge on any atom is 0.175 e. The Morgan fingerprint density at radius 3 is 2.47 bits per heavy atom. The molecule has 2 aromatic carbocycles. The highest BCUT2D eigenvalue weighted by Crippen LogP contribution is 2.30. The molecule has 0 radical (unpaired) electrons. The standard InChI is InChI=1S/C21H22Cl2N4O2S/c1-12-20(13(2)27(26-12)11-14-5-7-16(22)17(23)9-14)25-21(30)24-18-10-15(28-3)6-8-19(18)29-4/h5-10H,11H2,1-4H3,(H2,24,25,30). The number of benzene rings is 2. The number of hydrogen-bond donors (Lipinski definition) is 2. The number of methoxy groups -OCH3 is 2. The summed E-state index contributed by atoms with van der Waals surface area (Å²) in [6, 6.07) is 11.0. The SMILES string of the molecule is COc1ccc(OC)c(NC(=S)Nc2c(C)nn(Cc3ccc(Cl)c(Cl)c3)c2C)c1. The Morgan fingerprint density at radius 2 is 1.80 bits per heavy atom. The zero-order valence-electron chi connectivity index (χ0n) is 17.0. The Bertz CT molecular complexity index is 1090. The Labute approximate surface area is 191 Å². The highest BCUT2D eigenvalue weighted by atomic mass is 35.5. The number of aryl methyl sites for hydroxylation is 1. The van der Waals surface area contributed by atoms with Gasteiger partial charge in [0.1, 0.15) is 11.5 Å². The fourth-order valence-corrected chi connectivity index (χ4v) is 3.55. The predicted molar refractivity (Wildman–Crippen MR) is 127 cm³/mol. The van der Waals surface area contributed by atoms with Crippen molar-refractivity contribution in [2.24, 2.45) is 0 Å². The summed E-state index contributed by atoms with van der Waals surface area (Å²) < 4.78 is 12.6. The number of thiocarbonyl (C=S) groups is 1. The molecule has 30 heavy (non-hydrogen) atoms. The number of ether oxygens (including phenoxy) is 2. The van der Waals surface area contributed by atoms with Crippen molar-refractivity contribution in [3.63, 3.8) is 0 Å². The van der Waals surface area contributed by atoms with Crippen LogP contribution < -0.4 is 20.1 Å². The van der Waals surface area contributed by atoms with Crippen molar-refractivity contribution in [1.29, 1.82) is 0 Å². The molecule has 0 saturated carbocycles. The third-order valence-electron chi connectivity index (χ3n) is 4.59. The molecule has 0 spiro atoms. The normalized spacial score (nSPS) is 10.6. The summed E-state index contributed by atoms with van der Waals surface area (Å²) >= 11 is 17.6. The van der Waals surface area contributed by atoms with Gasteiger partial charge in [0, 0.05) is 6.07 Å². The first kappa shape index (κ1) is 22.2. The molecule has 3 rings (SSSR count). The van der Waals surface area contributed by atoms with Gasteiger partial charge < -0.3 is 20.1 Å². The molecule has 0 fully saturated rings. The molecular formula is C21H22Cl2N4O2S. The summed E-state index contributed by atoms with van der Waals surface area (Å²) in [7, 11) is 3.21. The second-order valence-corrected chi connectivity index (χ2v) is 7.82. The molecule has 0 unspecified atom stereocenters. The summed E-state index contributed by atoms with van der Waals surface area (Å²) in [5, 5.41) is 12.5. The molecule has 0 bridgehead atoms. The quantitative estimate of drug-likeness (QED) is 0.457. The smallest absolute Gasteiger partial charge is 0.175 e. The van der Waals surface area contributed by atoms with Crippen molar-refractivity contribution >= 4 is 51.9 Å². The van der Waals surface area contributed by atoms with Gasteiger partial charge >= 0.3 is 0 Å². The van der Waals surface area contributed by atoms with Crippen molar-refractivity contribution in [3.05, 3.63) is 63.4 Å². The molecule has 2 N–H and O–H groups in total. The second-order valence-electron chi connectivity index (χ2n) is 6.60. The molecule has 1 aromatic heterocycles. The van der Waals surface area contributed by atoms with Gasteiger partial charge in [0.25, 0.3) is 0 Å². The molecule has 158 valence electrons. The minimum absolute atomic E-state index is 0.418. The van der Waals surface area contributed by atoms with E-state index in [-0.39, 0.29) is 0 Å². The zero-order chi connectivity index (χ0) is 21.8. The number of rotatable bonds is 6. The Hall–Kier alpha value is -2.48. The zero-order valence-corrected chi connectivity index (χ0v) is 19.4. The molecule has 3 aromatic rings. The maximum atomic E-state index is 6.13.